The van der Waals surface area contributed by atoms with Crippen LogP contribution >= 0.6 is 0 Å². The van der Waals surface area contributed by atoms with E-state index in [9.17, 15) is 9.59 Å². The van der Waals surface area contributed by atoms with E-state index in [1.807, 2.05) is 61.5 Å². The number of hydrogen-bond donors (Lipinski definition) is 1. The summed E-state index contributed by atoms with van der Waals surface area (Å²) in [5.41, 5.74) is 3.90. The third kappa shape index (κ3) is 3.38. The molecule has 1 N–H and O–H groups in total. The summed E-state index contributed by atoms with van der Waals surface area (Å²) < 4.78 is 0. The van der Waals surface area contributed by atoms with E-state index in [2.05, 4.69) is 5.32 Å². The lowest BCUT2D eigenvalue weighted by Gasteiger charge is -2.32. The van der Waals surface area contributed by atoms with Crippen LogP contribution in [0, 0.1) is 6.92 Å². The van der Waals surface area contributed by atoms with Gasteiger partial charge < -0.3 is 10.2 Å². The summed E-state index contributed by atoms with van der Waals surface area (Å²) in [4.78, 5) is 26.1. The zero-order valence-electron chi connectivity index (χ0n) is 13.8. The maximum absolute atomic E-state index is 12.5. The van der Waals surface area contributed by atoms with Crippen LogP contribution in [0.25, 0.3) is 6.08 Å². The Labute approximate surface area is 141 Å². The highest BCUT2D eigenvalue weighted by molar-refractivity contribution is 5.92. The molecule has 4 heteroatoms. The third-order valence-corrected chi connectivity index (χ3v) is 4.15. The largest absolute Gasteiger partial charge is 0.326 e. The Morgan fingerprint density at radius 1 is 1.12 bits per heavy atom. The number of carbonyl (C=O) groups is 2. The van der Waals surface area contributed by atoms with Gasteiger partial charge in [0.15, 0.2) is 0 Å². The Morgan fingerprint density at radius 2 is 1.92 bits per heavy atom. The first kappa shape index (κ1) is 16.0. The summed E-state index contributed by atoms with van der Waals surface area (Å²) in [6.45, 7) is 3.50. The number of carbonyl (C=O) groups excluding carboxylic acids is 2. The first-order valence-corrected chi connectivity index (χ1v) is 7.97. The summed E-state index contributed by atoms with van der Waals surface area (Å²) >= 11 is 0. The highest BCUT2D eigenvalue weighted by atomic mass is 16.2. The Kier molecular flexibility index (Phi) is 4.47. The van der Waals surface area contributed by atoms with Crippen molar-refractivity contribution in [3.05, 3.63) is 71.4 Å². The monoisotopic (exact) mass is 320 g/mol. The zero-order valence-corrected chi connectivity index (χ0v) is 13.8. The van der Waals surface area contributed by atoms with Gasteiger partial charge in [-0.05, 0) is 41.8 Å². The molecule has 0 radical (unpaired) electrons. The smallest absolute Gasteiger partial charge is 0.226 e. The molecule has 122 valence electrons. The molecule has 0 fully saturated rings. The fraction of sp³-hybridized carbons (Fsp3) is 0.200. The number of hydrogen-bond acceptors (Lipinski definition) is 2. The minimum absolute atomic E-state index is 0.0749. The number of rotatable bonds is 3. The molecule has 2 aromatic rings. The lowest BCUT2D eigenvalue weighted by Crippen LogP contribution is -2.33. The van der Waals surface area contributed by atoms with Crippen LogP contribution in [0.2, 0.25) is 0 Å². The SMILES string of the molecule is CC(=O)N1C=Cc2ccccc2C1CC(=O)Nc1cccc(C)c1. The van der Waals surface area contributed by atoms with Gasteiger partial charge in [0.05, 0.1) is 12.5 Å². The number of nitrogens with zero attached hydrogens (tertiary/aromatic N) is 1. The molecule has 2 amide bonds. The van der Waals surface area contributed by atoms with Gasteiger partial charge in [0.1, 0.15) is 0 Å². The number of nitrogens with one attached hydrogen (secondary N) is 1. The van der Waals surface area contributed by atoms with Gasteiger partial charge in [-0.1, -0.05) is 36.4 Å². The molecule has 0 saturated carbocycles. The molecule has 4 nitrogen and oxygen atoms in total. The van der Waals surface area contributed by atoms with Crippen LogP contribution in [-0.4, -0.2) is 16.7 Å². The number of aryl methyl sites for hydroxylation is 1. The fourth-order valence-corrected chi connectivity index (χ4v) is 3.02. The highest BCUT2D eigenvalue weighted by Gasteiger charge is 2.28. The van der Waals surface area contributed by atoms with E-state index in [1.165, 1.54) is 6.92 Å². The molecule has 1 heterocycles. The van der Waals surface area contributed by atoms with Crippen molar-refractivity contribution >= 4 is 23.6 Å². The molecular formula is C20H20N2O2. The Balaban J connectivity index is 1.82. The van der Waals surface area contributed by atoms with Gasteiger partial charge in [0.25, 0.3) is 0 Å². The van der Waals surface area contributed by atoms with Crippen molar-refractivity contribution in [1.82, 2.24) is 4.90 Å². The molecule has 2 aromatic carbocycles. The first-order valence-electron chi connectivity index (χ1n) is 7.97. The van der Waals surface area contributed by atoms with Crippen LogP contribution in [0.5, 0.6) is 0 Å². The van der Waals surface area contributed by atoms with Gasteiger partial charge in [-0.25, -0.2) is 0 Å². The van der Waals surface area contributed by atoms with Crippen molar-refractivity contribution in [1.29, 1.82) is 0 Å². The summed E-state index contributed by atoms with van der Waals surface area (Å²) in [6.07, 6.45) is 3.88. The molecule has 0 saturated heterocycles. The summed E-state index contributed by atoms with van der Waals surface area (Å²) in [7, 11) is 0. The molecule has 3 rings (SSSR count). The van der Waals surface area contributed by atoms with Crippen LogP contribution in [0.15, 0.2) is 54.7 Å². The van der Waals surface area contributed by atoms with E-state index in [4.69, 9.17) is 0 Å². The van der Waals surface area contributed by atoms with Gasteiger partial charge in [-0.2, -0.15) is 0 Å². The van der Waals surface area contributed by atoms with Crippen LogP contribution in [0.1, 0.15) is 36.1 Å². The normalized spacial score (nSPS) is 15.8. The number of anilines is 1. The maximum Gasteiger partial charge on any atom is 0.226 e. The van der Waals surface area contributed by atoms with E-state index in [1.54, 1.807) is 11.1 Å². The zero-order chi connectivity index (χ0) is 17.1. The predicted molar refractivity (Wildman–Crippen MR) is 95.2 cm³/mol. The second-order valence-corrected chi connectivity index (χ2v) is 6.01. The van der Waals surface area contributed by atoms with Crippen LogP contribution in [-0.2, 0) is 9.59 Å². The second-order valence-electron chi connectivity index (χ2n) is 6.01. The first-order chi connectivity index (χ1) is 11.5. The van der Waals surface area contributed by atoms with Gasteiger partial charge >= 0.3 is 0 Å². The molecule has 0 spiro atoms. The minimum atomic E-state index is -0.284. The quantitative estimate of drug-likeness (QED) is 0.932. The van der Waals surface area contributed by atoms with Crippen molar-refractivity contribution < 1.29 is 9.59 Å². The molecule has 0 bridgehead atoms. The summed E-state index contributed by atoms with van der Waals surface area (Å²) in [6, 6.07) is 15.2. The number of amides is 2. The Morgan fingerprint density at radius 3 is 2.67 bits per heavy atom. The van der Waals surface area contributed by atoms with E-state index >= 15 is 0 Å². The van der Waals surface area contributed by atoms with E-state index in [0.29, 0.717) is 0 Å². The highest BCUT2D eigenvalue weighted by Crippen LogP contribution is 2.33. The Bertz CT molecular complexity index is 811. The molecule has 1 atom stereocenters. The number of benzene rings is 2. The van der Waals surface area contributed by atoms with Crippen molar-refractivity contribution in [2.24, 2.45) is 0 Å². The van der Waals surface area contributed by atoms with Crippen molar-refractivity contribution in [2.75, 3.05) is 5.32 Å². The molecule has 0 aliphatic carbocycles. The molecular weight excluding hydrogens is 300 g/mol. The average molecular weight is 320 g/mol. The second kappa shape index (κ2) is 6.71. The molecule has 1 aliphatic heterocycles. The van der Waals surface area contributed by atoms with Gasteiger partial charge in [0, 0.05) is 18.8 Å². The third-order valence-electron chi connectivity index (χ3n) is 4.15. The summed E-state index contributed by atoms with van der Waals surface area (Å²) in [5.74, 6) is -0.184. The van der Waals surface area contributed by atoms with Crippen LogP contribution < -0.4 is 5.32 Å². The van der Waals surface area contributed by atoms with Gasteiger partial charge in [-0.3, -0.25) is 9.59 Å². The topological polar surface area (TPSA) is 49.4 Å². The van der Waals surface area contributed by atoms with Gasteiger partial charge in [-0.15, -0.1) is 0 Å². The molecule has 1 aliphatic rings. The number of fused-ring (bicyclic) bond motifs is 1. The molecule has 1 unspecified atom stereocenters. The van der Waals surface area contributed by atoms with Crippen LogP contribution in [0.4, 0.5) is 5.69 Å². The Hall–Kier alpha value is -2.88. The molecule has 0 aromatic heterocycles. The van der Waals surface area contributed by atoms with Crippen LogP contribution in [0.3, 0.4) is 0 Å². The van der Waals surface area contributed by atoms with E-state index in [-0.39, 0.29) is 24.3 Å². The van der Waals surface area contributed by atoms with E-state index in [0.717, 1.165) is 22.4 Å². The average Bonchev–Trinajstić information content (AvgIpc) is 2.54. The predicted octanol–water partition coefficient (Wildman–Crippen LogP) is 3.90. The van der Waals surface area contributed by atoms with Crippen molar-refractivity contribution in [2.45, 2.75) is 26.3 Å². The molecule has 24 heavy (non-hydrogen) atoms. The minimum Gasteiger partial charge on any atom is -0.326 e. The summed E-state index contributed by atoms with van der Waals surface area (Å²) in [5, 5.41) is 2.92. The lowest BCUT2D eigenvalue weighted by atomic mass is 9.93. The van der Waals surface area contributed by atoms with Crippen molar-refractivity contribution in [3.63, 3.8) is 0 Å². The van der Waals surface area contributed by atoms with E-state index < -0.39 is 0 Å². The fourth-order valence-electron chi connectivity index (χ4n) is 3.02. The maximum atomic E-state index is 12.5. The van der Waals surface area contributed by atoms with Gasteiger partial charge in [0.2, 0.25) is 11.8 Å². The standard InChI is InChI=1S/C20H20N2O2/c1-14-6-5-8-17(12-14)21-20(24)13-19-18-9-4-3-7-16(18)10-11-22(19)15(2)23/h3-12,19H,13H2,1-2H3,(H,21,24). The van der Waals surface area contributed by atoms with Crippen molar-refractivity contribution in [3.8, 4) is 0 Å². The lowest BCUT2D eigenvalue weighted by molar-refractivity contribution is -0.129.